The summed E-state index contributed by atoms with van der Waals surface area (Å²) in [5.41, 5.74) is 1.14. The molecule has 0 aliphatic heterocycles. The molecule has 6 nitrogen and oxygen atoms in total. The van der Waals surface area contributed by atoms with Crippen LogP contribution < -0.4 is 5.32 Å². The van der Waals surface area contributed by atoms with Crippen LogP contribution in [0.15, 0.2) is 24.3 Å². The molecule has 1 aliphatic carbocycles. The zero-order valence-electron chi connectivity index (χ0n) is 12.5. The number of aromatic nitrogens is 2. The van der Waals surface area contributed by atoms with Crippen LogP contribution in [0, 0.1) is 0 Å². The zero-order chi connectivity index (χ0) is 15.7. The van der Waals surface area contributed by atoms with Crippen molar-refractivity contribution in [2.75, 3.05) is 0 Å². The molecule has 2 aromatic rings. The molecule has 1 amide bonds. The number of nitrogens with zero attached hydrogens (tertiary/aromatic N) is 2. The van der Waals surface area contributed by atoms with Gasteiger partial charge in [0, 0.05) is 12.4 Å². The van der Waals surface area contributed by atoms with E-state index in [9.17, 15) is 9.59 Å². The normalized spacial score (nSPS) is 16.2. The highest BCUT2D eigenvalue weighted by Crippen LogP contribution is 2.35. The summed E-state index contributed by atoms with van der Waals surface area (Å²) in [6.45, 7) is 0. The van der Waals surface area contributed by atoms with E-state index in [4.69, 9.17) is 5.11 Å². The van der Waals surface area contributed by atoms with E-state index in [1.165, 1.54) is 0 Å². The Morgan fingerprint density at radius 2 is 2.09 bits per heavy atom. The van der Waals surface area contributed by atoms with Crippen LogP contribution in [0.3, 0.4) is 0 Å². The van der Waals surface area contributed by atoms with Crippen molar-refractivity contribution in [3.8, 4) is 0 Å². The Hall–Kier alpha value is -2.37. The molecule has 22 heavy (non-hydrogen) atoms. The molecule has 0 unspecified atom stereocenters. The van der Waals surface area contributed by atoms with Crippen molar-refractivity contribution in [1.29, 1.82) is 0 Å². The first-order valence-corrected chi connectivity index (χ1v) is 7.42. The van der Waals surface area contributed by atoms with Gasteiger partial charge < -0.3 is 10.4 Å². The molecule has 1 saturated carbocycles. The van der Waals surface area contributed by atoms with Crippen molar-refractivity contribution in [1.82, 2.24) is 15.1 Å². The lowest BCUT2D eigenvalue weighted by Gasteiger charge is -2.41. The van der Waals surface area contributed by atoms with Crippen LogP contribution in [0.2, 0.25) is 0 Å². The van der Waals surface area contributed by atoms with Crippen LogP contribution in [0.1, 0.15) is 31.4 Å². The van der Waals surface area contributed by atoms with Crippen molar-refractivity contribution in [2.45, 2.75) is 37.6 Å². The van der Waals surface area contributed by atoms with Crippen molar-refractivity contribution < 1.29 is 14.7 Å². The van der Waals surface area contributed by atoms with Gasteiger partial charge in [0.2, 0.25) is 5.91 Å². The smallest absolute Gasteiger partial charge is 0.305 e. The number of aliphatic carboxylic acids is 1. The predicted octanol–water partition coefficient (Wildman–Crippen LogP) is 1.63. The lowest BCUT2D eigenvalue weighted by Crippen LogP contribution is -2.55. The number of fused-ring (bicyclic) bond motifs is 1. The first kappa shape index (κ1) is 14.6. The molecule has 2 N–H and O–H groups in total. The van der Waals surface area contributed by atoms with Crippen LogP contribution in [-0.4, -0.2) is 32.3 Å². The Bertz CT molecular complexity index is 731. The summed E-state index contributed by atoms with van der Waals surface area (Å²) in [6, 6.07) is 7.76. The molecule has 1 aromatic carbocycles. The molecule has 0 saturated heterocycles. The quantitative estimate of drug-likeness (QED) is 0.879. The summed E-state index contributed by atoms with van der Waals surface area (Å²) in [7, 11) is 1.85. The number of rotatable bonds is 5. The van der Waals surface area contributed by atoms with E-state index >= 15 is 0 Å². The molecule has 0 spiro atoms. The van der Waals surface area contributed by atoms with Crippen molar-refractivity contribution in [3.63, 3.8) is 0 Å². The second-order valence-electron chi connectivity index (χ2n) is 6.02. The molecule has 0 atom stereocenters. The van der Waals surface area contributed by atoms with Gasteiger partial charge in [0.1, 0.15) is 0 Å². The van der Waals surface area contributed by atoms with Gasteiger partial charge in [-0.2, -0.15) is 5.10 Å². The Kier molecular flexibility index (Phi) is 3.60. The second-order valence-corrected chi connectivity index (χ2v) is 6.02. The zero-order valence-corrected chi connectivity index (χ0v) is 12.5. The van der Waals surface area contributed by atoms with Gasteiger partial charge in [-0.05, 0) is 25.3 Å². The van der Waals surface area contributed by atoms with Crippen molar-refractivity contribution in [3.05, 3.63) is 30.0 Å². The standard InChI is InChI=1S/C16H19N3O3/c1-19-13-6-3-2-5-11(13)12(18-19)9-14(20)17-16(7-4-8-16)10-15(21)22/h2-3,5-6H,4,7-10H2,1H3,(H,17,20)(H,21,22). The number of aryl methyl sites for hydroxylation is 1. The molecular weight excluding hydrogens is 282 g/mol. The molecule has 1 aliphatic rings. The summed E-state index contributed by atoms with van der Waals surface area (Å²) in [5, 5.41) is 17.3. The van der Waals surface area contributed by atoms with E-state index in [0.29, 0.717) is 0 Å². The topological polar surface area (TPSA) is 84.2 Å². The van der Waals surface area contributed by atoms with Gasteiger partial charge >= 0.3 is 5.97 Å². The highest BCUT2D eigenvalue weighted by Gasteiger charge is 2.40. The van der Waals surface area contributed by atoms with E-state index in [0.717, 1.165) is 35.9 Å². The predicted molar refractivity (Wildman–Crippen MR) is 81.4 cm³/mol. The van der Waals surface area contributed by atoms with Gasteiger partial charge in [-0.3, -0.25) is 14.3 Å². The van der Waals surface area contributed by atoms with E-state index in [1.54, 1.807) is 4.68 Å². The minimum Gasteiger partial charge on any atom is -0.481 e. The minimum absolute atomic E-state index is 0.0122. The second kappa shape index (κ2) is 5.44. The fraction of sp³-hybridized carbons (Fsp3) is 0.438. The summed E-state index contributed by atoms with van der Waals surface area (Å²) in [5.74, 6) is -1.03. The van der Waals surface area contributed by atoms with E-state index in [2.05, 4.69) is 10.4 Å². The van der Waals surface area contributed by atoms with Crippen LogP contribution in [0.5, 0.6) is 0 Å². The molecule has 116 valence electrons. The first-order valence-electron chi connectivity index (χ1n) is 7.42. The lowest BCUT2D eigenvalue weighted by molar-refractivity contribution is -0.140. The number of carbonyl (C=O) groups is 2. The number of carboxylic acids is 1. The monoisotopic (exact) mass is 301 g/mol. The van der Waals surface area contributed by atoms with Gasteiger partial charge in [0.25, 0.3) is 0 Å². The highest BCUT2D eigenvalue weighted by molar-refractivity contribution is 5.88. The number of amides is 1. The summed E-state index contributed by atoms with van der Waals surface area (Å²) >= 11 is 0. The highest BCUT2D eigenvalue weighted by atomic mass is 16.4. The summed E-state index contributed by atoms with van der Waals surface area (Å²) < 4.78 is 1.76. The minimum atomic E-state index is -0.872. The number of nitrogens with one attached hydrogen (secondary N) is 1. The first-order chi connectivity index (χ1) is 10.5. The lowest BCUT2D eigenvalue weighted by atomic mass is 9.74. The number of para-hydroxylation sites is 1. The SMILES string of the molecule is Cn1nc(CC(=O)NC2(CC(=O)O)CCC2)c2ccccc21. The van der Waals surface area contributed by atoms with Gasteiger partial charge in [0.05, 0.1) is 29.6 Å². The Balaban J connectivity index is 1.75. The van der Waals surface area contributed by atoms with Gasteiger partial charge in [-0.25, -0.2) is 0 Å². The fourth-order valence-corrected chi connectivity index (χ4v) is 3.15. The Labute approximate surface area is 128 Å². The molecule has 1 aromatic heterocycles. The number of hydrogen-bond donors (Lipinski definition) is 2. The van der Waals surface area contributed by atoms with Gasteiger partial charge in [0.15, 0.2) is 0 Å². The van der Waals surface area contributed by atoms with Crippen LogP contribution in [0.4, 0.5) is 0 Å². The third kappa shape index (κ3) is 2.68. The third-order valence-corrected chi connectivity index (χ3v) is 4.37. The Morgan fingerprint density at radius 1 is 1.36 bits per heavy atom. The van der Waals surface area contributed by atoms with Crippen LogP contribution in [0.25, 0.3) is 10.9 Å². The number of carbonyl (C=O) groups excluding carboxylic acids is 1. The fourth-order valence-electron chi connectivity index (χ4n) is 3.15. The molecule has 1 heterocycles. The summed E-state index contributed by atoms with van der Waals surface area (Å²) in [6.07, 6.45) is 2.58. The molecule has 0 bridgehead atoms. The van der Waals surface area contributed by atoms with Gasteiger partial charge in [-0.15, -0.1) is 0 Å². The molecule has 3 rings (SSSR count). The maximum absolute atomic E-state index is 12.3. The van der Waals surface area contributed by atoms with Crippen molar-refractivity contribution in [2.24, 2.45) is 7.05 Å². The average Bonchev–Trinajstić information content (AvgIpc) is 2.73. The van der Waals surface area contributed by atoms with E-state index < -0.39 is 11.5 Å². The third-order valence-electron chi connectivity index (χ3n) is 4.37. The summed E-state index contributed by atoms with van der Waals surface area (Å²) in [4.78, 5) is 23.3. The molecule has 0 radical (unpaired) electrons. The van der Waals surface area contributed by atoms with Crippen LogP contribution in [-0.2, 0) is 23.1 Å². The molecular formula is C16H19N3O3. The maximum atomic E-state index is 12.3. The number of carboxylic acid groups (broad SMARTS) is 1. The largest absolute Gasteiger partial charge is 0.481 e. The molecule has 1 fully saturated rings. The van der Waals surface area contributed by atoms with Crippen molar-refractivity contribution >= 4 is 22.8 Å². The molecule has 6 heteroatoms. The number of hydrogen-bond acceptors (Lipinski definition) is 3. The average molecular weight is 301 g/mol. The van der Waals surface area contributed by atoms with Gasteiger partial charge in [-0.1, -0.05) is 18.2 Å². The van der Waals surface area contributed by atoms with E-state index in [-0.39, 0.29) is 18.7 Å². The number of benzene rings is 1. The van der Waals surface area contributed by atoms with E-state index in [1.807, 2.05) is 31.3 Å². The van der Waals surface area contributed by atoms with Crippen LogP contribution >= 0.6 is 0 Å². The Morgan fingerprint density at radius 3 is 2.73 bits per heavy atom. The maximum Gasteiger partial charge on any atom is 0.305 e.